The van der Waals surface area contributed by atoms with Crippen LogP contribution in [-0.4, -0.2) is 53.6 Å². The van der Waals surface area contributed by atoms with Crippen molar-refractivity contribution in [1.29, 1.82) is 0 Å². The lowest BCUT2D eigenvalue weighted by Crippen LogP contribution is -2.48. The van der Waals surface area contributed by atoms with E-state index in [1.807, 2.05) is 0 Å². The summed E-state index contributed by atoms with van der Waals surface area (Å²) >= 11 is 0. The highest BCUT2D eigenvalue weighted by molar-refractivity contribution is 5.89. The summed E-state index contributed by atoms with van der Waals surface area (Å²) in [6, 6.07) is 14.6. The maximum atomic E-state index is 13.5. The summed E-state index contributed by atoms with van der Waals surface area (Å²) in [7, 11) is 0. The number of aryl methyl sites for hydroxylation is 1. The van der Waals surface area contributed by atoms with Crippen LogP contribution >= 0.6 is 0 Å². The molecule has 0 bridgehead atoms. The van der Waals surface area contributed by atoms with E-state index in [4.69, 9.17) is 4.52 Å². The van der Waals surface area contributed by atoms with E-state index in [2.05, 4.69) is 20.3 Å². The number of anilines is 1. The molecule has 3 aromatic rings. The number of hydrogen-bond acceptors (Lipinski definition) is 5. The van der Waals surface area contributed by atoms with Gasteiger partial charge in [0.2, 0.25) is 5.91 Å². The Morgan fingerprint density at radius 3 is 2.06 bits per heavy atom. The number of benzene rings is 2. The maximum absolute atomic E-state index is 13.5. The molecule has 0 saturated carbocycles. The second-order valence-electron chi connectivity index (χ2n) is 8.00. The summed E-state index contributed by atoms with van der Waals surface area (Å²) in [4.78, 5) is 16.7. The predicted molar refractivity (Wildman–Crippen MR) is 117 cm³/mol. The zero-order valence-corrected chi connectivity index (χ0v) is 17.9. The van der Waals surface area contributed by atoms with Gasteiger partial charge in [0.1, 0.15) is 17.4 Å². The molecule has 0 atom stereocenters. The number of nitrogens with one attached hydrogen (secondary N) is 1. The van der Waals surface area contributed by atoms with Crippen molar-refractivity contribution in [1.82, 2.24) is 15.0 Å². The Labute approximate surface area is 185 Å². The van der Waals surface area contributed by atoms with Gasteiger partial charge in [-0.25, -0.2) is 8.78 Å². The van der Waals surface area contributed by atoms with Gasteiger partial charge in [0.05, 0.1) is 6.04 Å². The smallest absolute Gasteiger partial charge is 0.226 e. The molecule has 6 nitrogen and oxygen atoms in total. The van der Waals surface area contributed by atoms with Gasteiger partial charge in [-0.1, -0.05) is 29.4 Å². The van der Waals surface area contributed by atoms with E-state index in [9.17, 15) is 13.6 Å². The number of amides is 1. The fourth-order valence-corrected chi connectivity index (χ4v) is 4.04. The molecule has 2 heterocycles. The minimum Gasteiger partial charge on any atom is -0.360 e. The van der Waals surface area contributed by atoms with Gasteiger partial charge >= 0.3 is 0 Å². The summed E-state index contributed by atoms with van der Waals surface area (Å²) in [5.74, 6) is 0.411. The Kier molecular flexibility index (Phi) is 6.92. The average Bonchev–Trinajstić information content (AvgIpc) is 3.20. The number of carbonyl (C=O) groups is 1. The summed E-state index contributed by atoms with van der Waals surface area (Å²) < 4.78 is 31.9. The average molecular weight is 440 g/mol. The van der Waals surface area contributed by atoms with Crippen LogP contribution in [0.3, 0.4) is 0 Å². The van der Waals surface area contributed by atoms with Crippen LogP contribution in [0.2, 0.25) is 0 Å². The highest BCUT2D eigenvalue weighted by Gasteiger charge is 2.26. The lowest BCUT2D eigenvalue weighted by molar-refractivity contribution is -0.116. The topological polar surface area (TPSA) is 61.6 Å². The van der Waals surface area contributed by atoms with Crippen molar-refractivity contribution in [2.24, 2.45) is 0 Å². The molecule has 8 heteroatoms. The molecule has 1 amide bonds. The third-order valence-electron chi connectivity index (χ3n) is 5.69. The molecule has 4 rings (SSSR count). The number of aromatic nitrogens is 1. The van der Waals surface area contributed by atoms with Crippen LogP contribution in [0.25, 0.3) is 0 Å². The SMILES string of the molecule is Cc1cc(NC(=O)CCN2CCN(C(c3ccc(F)cc3)c3ccc(F)cc3)CC2)no1. The number of nitrogens with zero attached hydrogens (tertiary/aromatic N) is 3. The van der Waals surface area contributed by atoms with E-state index in [0.717, 1.165) is 37.3 Å². The molecule has 0 unspecified atom stereocenters. The first-order valence-corrected chi connectivity index (χ1v) is 10.7. The van der Waals surface area contributed by atoms with Gasteiger partial charge in [-0.05, 0) is 42.3 Å². The minimum absolute atomic E-state index is 0.0861. The van der Waals surface area contributed by atoms with Gasteiger partial charge < -0.3 is 14.7 Å². The Balaban J connectivity index is 1.36. The van der Waals surface area contributed by atoms with Crippen LogP contribution in [0.4, 0.5) is 14.6 Å². The van der Waals surface area contributed by atoms with Gasteiger partial charge in [0.15, 0.2) is 5.82 Å². The first kappa shape index (κ1) is 22.1. The lowest BCUT2D eigenvalue weighted by atomic mass is 9.96. The molecular formula is C24H26F2N4O2. The summed E-state index contributed by atoms with van der Waals surface area (Å²) in [6.07, 6.45) is 0.366. The van der Waals surface area contributed by atoms with Crippen LogP contribution < -0.4 is 5.32 Å². The molecule has 1 saturated heterocycles. The Bertz CT molecular complexity index is 983. The van der Waals surface area contributed by atoms with Gasteiger partial charge in [-0.15, -0.1) is 0 Å². The fourth-order valence-electron chi connectivity index (χ4n) is 4.04. The van der Waals surface area contributed by atoms with Crippen LogP contribution in [0.5, 0.6) is 0 Å². The van der Waals surface area contributed by atoms with Crippen molar-refractivity contribution >= 4 is 11.7 Å². The van der Waals surface area contributed by atoms with E-state index in [1.54, 1.807) is 37.3 Å². The molecule has 1 N–H and O–H groups in total. The standard InChI is InChI=1S/C24H26F2N4O2/c1-17-16-22(28-32-17)27-23(31)10-11-29-12-14-30(15-13-29)24(18-2-6-20(25)7-3-18)19-4-8-21(26)9-5-19/h2-9,16,24H,10-15H2,1H3,(H,27,28,31). The number of carbonyl (C=O) groups excluding carboxylic acids is 1. The molecule has 32 heavy (non-hydrogen) atoms. The first-order valence-electron chi connectivity index (χ1n) is 10.7. The van der Waals surface area contributed by atoms with Crippen molar-refractivity contribution in [3.63, 3.8) is 0 Å². The van der Waals surface area contributed by atoms with Crippen molar-refractivity contribution in [3.8, 4) is 0 Å². The molecular weight excluding hydrogens is 414 g/mol. The number of rotatable bonds is 7. The normalized spacial score (nSPS) is 15.2. The molecule has 0 aliphatic carbocycles. The van der Waals surface area contributed by atoms with E-state index < -0.39 is 0 Å². The quantitative estimate of drug-likeness (QED) is 0.602. The minimum atomic E-state index is -0.282. The molecule has 0 spiro atoms. The van der Waals surface area contributed by atoms with Crippen molar-refractivity contribution in [2.75, 3.05) is 38.0 Å². The molecule has 1 aliphatic rings. The number of piperazine rings is 1. The summed E-state index contributed by atoms with van der Waals surface area (Å²) in [6.45, 7) is 5.58. The predicted octanol–water partition coefficient (Wildman–Crippen LogP) is 4.00. The van der Waals surface area contributed by atoms with E-state index in [0.29, 0.717) is 24.5 Å². The van der Waals surface area contributed by atoms with Gasteiger partial charge in [-0.2, -0.15) is 0 Å². The Morgan fingerprint density at radius 2 is 1.56 bits per heavy atom. The number of halogens is 2. The zero-order chi connectivity index (χ0) is 22.5. The monoisotopic (exact) mass is 440 g/mol. The molecule has 1 aromatic heterocycles. The molecule has 2 aromatic carbocycles. The van der Waals surface area contributed by atoms with Crippen molar-refractivity contribution < 1.29 is 18.1 Å². The second kappa shape index (κ2) is 10.0. The molecule has 1 fully saturated rings. The van der Waals surface area contributed by atoms with Gasteiger partial charge in [0.25, 0.3) is 0 Å². The van der Waals surface area contributed by atoms with Crippen molar-refractivity contribution in [2.45, 2.75) is 19.4 Å². The number of hydrogen-bond donors (Lipinski definition) is 1. The largest absolute Gasteiger partial charge is 0.360 e. The lowest BCUT2D eigenvalue weighted by Gasteiger charge is -2.39. The Hall–Kier alpha value is -3.10. The Morgan fingerprint density at radius 1 is 1.00 bits per heavy atom. The third-order valence-corrected chi connectivity index (χ3v) is 5.69. The van der Waals surface area contributed by atoms with Gasteiger partial charge in [-0.3, -0.25) is 9.69 Å². The van der Waals surface area contributed by atoms with Crippen molar-refractivity contribution in [3.05, 3.63) is 83.1 Å². The highest BCUT2D eigenvalue weighted by atomic mass is 19.1. The first-order chi connectivity index (χ1) is 15.5. The van der Waals surface area contributed by atoms with E-state index >= 15 is 0 Å². The highest BCUT2D eigenvalue weighted by Crippen LogP contribution is 2.30. The summed E-state index contributed by atoms with van der Waals surface area (Å²) in [5, 5.41) is 6.51. The van der Waals surface area contributed by atoms with E-state index in [1.165, 1.54) is 24.3 Å². The van der Waals surface area contributed by atoms with Crippen LogP contribution in [0.15, 0.2) is 59.1 Å². The summed E-state index contributed by atoms with van der Waals surface area (Å²) in [5.41, 5.74) is 1.93. The van der Waals surface area contributed by atoms with Crippen LogP contribution in [-0.2, 0) is 4.79 Å². The van der Waals surface area contributed by atoms with Crippen LogP contribution in [0, 0.1) is 18.6 Å². The third kappa shape index (κ3) is 5.57. The second-order valence-corrected chi connectivity index (χ2v) is 8.00. The van der Waals surface area contributed by atoms with Crippen LogP contribution in [0.1, 0.15) is 29.3 Å². The molecule has 0 radical (unpaired) electrons. The zero-order valence-electron chi connectivity index (χ0n) is 17.9. The van der Waals surface area contributed by atoms with E-state index in [-0.39, 0.29) is 23.6 Å². The van der Waals surface area contributed by atoms with Gasteiger partial charge in [0, 0.05) is 45.2 Å². The maximum Gasteiger partial charge on any atom is 0.226 e. The molecule has 1 aliphatic heterocycles. The fraction of sp³-hybridized carbons (Fsp3) is 0.333. The molecule has 168 valence electrons.